The molecule has 0 amide bonds. The summed E-state index contributed by atoms with van der Waals surface area (Å²) < 4.78 is 2.72. The molecule has 1 aliphatic rings. The first-order chi connectivity index (χ1) is 8.71. The van der Waals surface area contributed by atoms with Gasteiger partial charge in [0.15, 0.2) is 0 Å². The van der Waals surface area contributed by atoms with Crippen LogP contribution in [0.5, 0.6) is 0 Å². The Labute approximate surface area is 161 Å². The van der Waals surface area contributed by atoms with Gasteiger partial charge in [0.2, 0.25) is 0 Å². The first kappa shape index (κ1) is 23.6. The molecule has 1 fully saturated rings. The normalized spacial score (nSPS) is 14.0. The van der Waals surface area contributed by atoms with Gasteiger partial charge in [0.1, 0.15) is 0 Å². The molecule has 0 N–H and O–H groups in total. The van der Waals surface area contributed by atoms with Gasteiger partial charge in [0, 0.05) is 0 Å². The molecule has 0 unspecified atom stereocenters. The minimum atomic E-state index is -1.26. The Hall–Kier alpha value is 0.327. The summed E-state index contributed by atoms with van der Waals surface area (Å²) in [5, 5.41) is 1.59. The Morgan fingerprint density at radius 1 is 0.905 bits per heavy atom. The van der Waals surface area contributed by atoms with Gasteiger partial charge in [-0.3, -0.25) is 0 Å². The van der Waals surface area contributed by atoms with Crippen molar-refractivity contribution in [2.45, 2.75) is 25.9 Å². The molecular weight excluding hydrogens is 484 g/mol. The van der Waals surface area contributed by atoms with Gasteiger partial charge in [-0.05, 0) is 25.9 Å². The van der Waals surface area contributed by atoms with Crippen molar-refractivity contribution in [3.8, 4) is 0 Å². The summed E-state index contributed by atoms with van der Waals surface area (Å²) in [6.07, 6.45) is 2.80. The Morgan fingerprint density at radius 2 is 1.38 bits per heavy atom. The van der Waals surface area contributed by atoms with Gasteiger partial charge < -0.3 is 29.4 Å². The van der Waals surface area contributed by atoms with Gasteiger partial charge >= 0.3 is 25.8 Å². The molecule has 0 atom stereocenters. The molecule has 21 heavy (non-hydrogen) atoms. The molecule has 3 rings (SSSR count). The maximum Gasteiger partial charge on any atom is 4.00 e. The smallest absolute Gasteiger partial charge is 1.00 e. The molecule has 1 saturated heterocycles. The molecule has 0 radical (unpaired) electrons. The zero-order chi connectivity index (χ0) is 12.8. The third-order valence-electron chi connectivity index (χ3n) is 3.82. The standard InChI is InChI=1S/C11H18NSi.C5H5.2ClH.Hf/c1-13(2,11-7-3-4-8-11)12-9-5-6-10-12;1-2-4-5-3-1;;;/h3-4,7-8H,5-6,9-10H2,1-2H3;1-5H;2*1H;/q2*-1;;;+4/p-2. The molecular formula is C16H23Cl2HfNSi. The summed E-state index contributed by atoms with van der Waals surface area (Å²) >= 11 is 0. The van der Waals surface area contributed by atoms with Gasteiger partial charge in [-0.2, -0.15) is 30.3 Å². The predicted molar refractivity (Wildman–Crippen MR) is 82.0 cm³/mol. The van der Waals surface area contributed by atoms with E-state index in [0.717, 1.165) is 0 Å². The van der Waals surface area contributed by atoms with Crippen molar-refractivity contribution in [1.29, 1.82) is 0 Å². The van der Waals surface area contributed by atoms with Crippen LogP contribution in [0.3, 0.4) is 0 Å². The van der Waals surface area contributed by atoms with E-state index in [-0.39, 0.29) is 50.7 Å². The molecule has 0 saturated carbocycles. The molecule has 5 heteroatoms. The van der Waals surface area contributed by atoms with Crippen molar-refractivity contribution >= 4 is 13.4 Å². The summed E-state index contributed by atoms with van der Waals surface area (Å²) in [5.41, 5.74) is 0. The van der Waals surface area contributed by atoms with Crippen LogP contribution in [0.1, 0.15) is 12.8 Å². The fraction of sp³-hybridized carbons (Fsp3) is 0.375. The largest absolute Gasteiger partial charge is 4.00 e. The number of nitrogens with zero attached hydrogens (tertiary/aromatic N) is 1. The number of rotatable bonds is 2. The van der Waals surface area contributed by atoms with Gasteiger partial charge in [0.25, 0.3) is 0 Å². The van der Waals surface area contributed by atoms with E-state index >= 15 is 0 Å². The van der Waals surface area contributed by atoms with Crippen molar-refractivity contribution < 1.29 is 50.7 Å². The van der Waals surface area contributed by atoms with Crippen LogP contribution < -0.4 is 30.0 Å². The average molecular weight is 507 g/mol. The first-order valence-electron chi connectivity index (χ1n) is 6.85. The van der Waals surface area contributed by atoms with Crippen LogP contribution in [0.25, 0.3) is 0 Å². The quantitative estimate of drug-likeness (QED) is 0.317. The maximum atomic E-state index is 2.72. The second kappa shape index (κ2) is 11.8. The van der Waals surface area contributed by atoms with Crippen molar-refractivity contribution in [3.63, 3.8) is 0 Å². The summed E-state index contributed by atoms with van der Waals surface area (Å²) in [4.78, 5) is 0. The molecule has 0 aromatic heterocycles. The molecule has 0 aliphatic carbocycles. The topological polar surface area (TPSA) is 3.24 Å². The van der Waals surface area contributed by atoms with Gasteiger partial charge in [-0.25, -0.2) is 24.3 Å². The van der Waals surface area contributed by atoms with Crippen LogP contribution in [-0.2, 0) is 25.8 Å². The first-order valence-corrected chi connectivity index (χ1v) is 9.80. The van der Waals surface area contributed by atoms with Crippen LogP contribution in [0.4, 0.5) is 0 Å². The number of halogens is 2. The molecule has 1 aliphatic heterocycles. The number of hydrogen-bond acceptors (Lipinski definition) is 1. The van der Waals surface area contributed by atoms with Crippen LogP contribution in [-0.4, -0.2) is 25.9 Å². The Morgan fingerprint density at radius 3 is 1.76 bits per heavy atom. The third-order valence-corrected chi connectivity index (χ3v) is 7.60. The average Bonchev–Trinajstić information content (AvgIpc) is 3.14. The molecule has 0 bridgehead atoms. The van der Waals surface area contributed by atoms with E-state index in [4.69, 9.17) is 0 Å². The third kappa shape index (κ3) is 6.96. The fourth-order valence-corrected chi connectivity index (χ4v) is 5.37. The van der Waals surface area contributed by atoms with Crippen LogP contribution in [0.2, 0.25) is 13.1 Å². The Kier molecular flexibility index (Phi) is 13.3. The summed E-state index contributed by atoms with van der Waals surface area (Å²) in [6.45, 7) is 7.58. The van der Waals surface area contributed by atoms with Crippen molar-refractivity contribution in [3.05, 3.63) is 54.6 Å². The van der Waals surface area contributed by atoms with Crippen LogP contribution >= 0.6 is 0 Å². The van der Waals surface area contributed by atoms with E-state index in [1.807, 2.05) is 30.3 Å². The molecule has 1 heterocycles. The van der Waals surface area contributed by atoms with Gasteiger partial charge in [-0.1, -0.05) is 13.1 Å². The molecule has 2 aromatic rings. The fourth-order valence-electron chi connectivity index (χ4n) is 2.56. The Bertz CT molecular complexity index is 406. The maximum absolute atomic E-state index is 2.72. The van der Waals surface area contributed by atoms with E-state index < -0.39 is 8.24 Å². The second-order valence-corrected chi connectivity index (χ2v) is 9.72. The predicted octanol–water partition coefficient (Wildman–Crippen LogP) is -2.68. The van der Waals surface area contributed by atoms with E-state index in [1.54, 1.807) is 5.19 Å². The van der Waals surface area contributed by atoms with Gasteiger partial charge in [0.05, 0.1) is 8.24 Å². The van der Waals surface area contributed by atoms with Crippen LogP contribution in [0.15, 0.2) is 54.6 Å². The SMILES string of the molecule is C[Si](C)([c-]1cccc1)N1CCCC1.[Cl-].[Cl-].[Hf+4].c1cc[cH-]c1. The van der Waals surface area contributed by atoms with E-state index in [0.29, 0.717) is 0 Å². The number of hydrogen-bond donors (Lipinski definition) is 0. The second-order valence-electron chi connectivity index (χ2n) is 5.39. The molecule has 2 aromatic carbocycles. The van der Waals surface area contributed by atoms with E-state index in [9.17, 15) is 0 Å². The van der Waals surface area contributed by atoms with Gasteiger partial charge in [-0.15, -0.1) is 5.19 Å². The summed E-state index contributed by atoms with van der Waals surface area (Å²) in [7, 11) is -1.26. The summed E-state index contributed by atoms with van der Waals surface area (Å²) in [5.74, 6) is 0. The molecule has 114 valence electrons. The molecule has 1 nitrogen and oxygen atoms in total. The van der Waals surface area contributed by atoms with Crippen LogP contribution in [0, 0.1) is 0 Å². The van der Waals surface area contributed by atoms with E-state index in [2.05, 4.69) is 41.9 Å². The minimum Gasteiger partial charge on any atom is -1.00 e. The Balaban J connectivity index is 0. The monoisotopic (exact) mass is 507 g/mol. The molecule has 0 spiro atoms. The zero-order valence-electron chi connectivity index (χ0n) is 12.7. The summed E-state index contributed by atoms with van der Waals surface area (Å²) in [6, 6.07) is 18.9. The minimum absolute atomic E-state index is 0. The van der Waals surface area contributed by atoms with E-state index in [1.165, 1.54) is 25.9 Å². The van der Waals surface area contributed by atoms with Crippen molar-refractivity contribution in [2.24, 2.45) is 0 Å². The van der Waals surface area contributed by atoms with Crippen molar-refractivity contribution in [1.82, 2.24) is 4.57 Å². The zero-order valence-corrected chi connectivity index (χ0v) is 18.8. The van der Waals surface area contributed by atoms with Crippen molar-refractivity contribution in [2.75, 3.05) is 13.1 Å².